The van der Waals surface area contributed by atoms with Crippen LogP contribution in [0, 0.1) is 12.3 Å². The minimum Gasteiger partial charge on any atom is -0.481 e. The van der Waals surface area contributed by atoms with Crippen molar-refractivity contribution in [2.45, 2.75) is 25.3 Å². The molecule has 2 fully saturated rings. The van der Waals surface area contributed by atoms with Crippen LogP contribution in [0.1, 0.15) is 30.0 Å². The summed E-state index contributed by atoms with van der Waals surface area (Å²) in [6.45, 7) is 5.86. The first-order chi connectivity index (χ1) is 14.7. The molecule has 30 heavy (non-hydrogen) atoms. The van der Waals surface area contributed by atoms with Crippen molar-refractivity contribution in [1.82, 2.24) is 14.9 Å². The standard InChI is InChI=1S/C23H28N4O3/c1-2-13-30-21-6-4-3-5-19(21)17-26-9-7-18(8-10-26)20-16-22(28)25-23(24-20)27-11-14-29-15-12-27/h1,3-6,16,18H,7-15,17H2,(H,24,25,28). The number of likely N-dealkylation sites (tertiary alicyclic amines) is 1. The summed E-state index contributed by atoms with van der Waals surface area (Å²) in [6, 6.07) is 9.70. The van der Waals surface area contributed by atoms with Crippen LogP contribution in [0.2, 0.25) is 0 Å². The molecule has 2 aliphatic heterocycles. The number of H-pyrrole nitrogens is 1. The summed E-state index contributed by atoms with van der Waals surface area (Å²) in [7, 11) is 0. The van der Waals surface area contributed by atoms with Crippen molar-refractivity contribution in [2.24, 2.45) is 0 Å². The van der Waals surface area contributed by atoms with E-state index in [0.29, 0.717) is 25.1 Å². The highest BCUT2D eigenvalue weighted by Crippen LogP contribution is 2.29. The van der Waals surface area contributed by atoms with Crippen LogP contribution < -0.4 is 15.2 Å². The van der Waals surface area contributed by atoms with Crippen LogP contribution in [0.3, 0.4) is 0 Å². The summed E-state index contributed by atoms with van der Waals surface area (Å²) in [5.74, 6) is 4.34. The molecule has 0 amide bonds. The fraction of sp³-hybridized carbons (Fsp3) is 0.478. The highest BCUT2D eigenvalue weighted by Gasteiger charge is 2.24. The Labute approximate surface area is 177 Å². The first-order valence-corrected chi connectivity index (χ1v) is 10.5. The average Bonchev–Trinajstić information content (AvgIpc) is 2.79. The van der Waals surface area contributed by atoms with Crippen molar-refractivity contribution in [1.29, 1.82) is 0 Å². The predicted octanol–water partition coefficient (Wildman–Crippen LogP) is 2.00. The number of aromatic amines is 1. The zero-order valence-corrected chi connectivity index (χ0v) is 17.2. The van der Waals surface area contributed by atoms with E-state index in [4.69, 9.17) is 20.9 Å². The number of rotatable bonds is 6. The first kappa shape index (κ1) is 20.5. The Bertz CT molecular complexity index is 938. The van der Waals surface area contributed by atoms with E-state index in [1.165, 1.54) is 0 Å². The number of para-hydroxylation sites is 1. The van der Waals surface area contributed by atoms with Crippen molar-refractivity contribution in [2.75, 3.05) is 50.9 Å². The van der Waals surface area contributed by atoms with E-state index in [2.05, 4.69) is 26.8 Å². The van der Waals surface area contributed by atoms with Gasteiger partial charge in [-0.25, -0.2) is 4.98 Å². The van der Waals surface area contributed by atoms with E-state index >= 15 is 0 Å². The van der Waals surface area contributed by atoms with Crippen LogP contribution in [0.5, 0.6) is 5.75 Å². The summed E-state index contributed by atoms with van der Waals surface area (Å²) in [6.07, 6.45) is 7.28. The van der Waals surface area contributed by atoms with Crippen LogP contribution >= 0.6 is 0 Å². The maximum atomic E-state index is 12.2. The van der Waals surface area contributed by atoms with E-state index < -0.39 is 0 Å². The summed E-state index contributed by atoms with van der Waals surface area (Å²) >= 11 is 0. The minimum atomic E-state index is -0.0801. The molecular formula is C23H28N4O3. The third-order valence-corrected chi connectivity index (χ3v) is 5.74. The second kappa shape index (κ2) is 9.79. The minimum absolute atomic E-state index is 0.0801. The molecule has 1 N–H and O–H groups in total. The van der Waals surface area contributed by atoms with Crippen molar-refractivity contribution >= 4 is 5.95 Å². The number of nitrogens with one attached hydrogen (secondary N) is 1. The summed E-state index contributed by atoms with van der Waals surface area (Å²) in [5.41, 5.74) is 1.97. The highest BCUT2D eigenvalue weighted by molar-refractivity contribution is 5.34. The molecule has 7 nitrogen and oxygen atoms in total. The molecule has 7 heteroatoms. The fourth-order valence-electron chi connectivity index (χ4n) is 4.12. The van der Waals surface area contributed by atoms with Crippen molar-refractivity contribution in [3.8, 4) is 18.1 Å². The van der Waals surface area contributed by atoms with Gasteiger partial charge in [-0.15, -0.1) is 6.42 Å². The summed E-state index contributed by atoms with van der Waals surface area (Å²) < 4.78 is 11.1. The Morgan fingerprint density at radius 1 is 1.20 bits per heavy atom. The molecule has 0 radical (unpaired) electrons. The van der Waals surface area contributed by atoms with Crippen LogP contribution in [0.15, 0.2) is 35.1 Å². The second-order valence-corrected chi connectivity index (χ2v) is 7.74. The molecule has 158 valence electrons. The Kier molecular flexibility index (Phi) is 6.67. The monoisotopic (exact) mass is 408 g/mol. The number of ether oxygens (including phenoxy) is 2. The molecule has 0 saturated carbocycles. The van der Waals surface area contributed by atoms with Crippen molar-refractivity contribution in [3.05, 3.63) is 51.9 Å². The van der Waals surface area contributed by atoms with E-state index in [9.17, 15) is 4.79 Å². The maximum absolute atomic E-state index is 12.2. The van der Waals surface area contributed by atoms with Gasteiger partial charge in [0.05, 0.1) is 18.9 Å². The zero-order valence-electron chi connectivity index (χ0n) is 17.2. The topological polar surface area (TPSA) is 70.7 Å². The van der Waals surface area contributed by atoms with Crippen molar-refractivity contribution < 1.29 is 9.47 Å². The van der Waals surface area contributed by atoms with E-state index in [1.807, 2.05) is 18.2 Å². The lowest BCUT2D eigenvalue weighted by Crippen LogP contribution is -2.39. The molecule has 2 saturated heterocycles. The van der Waals surface area contributed by atoms with Gasteiger partial charge in [0.2, 0.25) is 5.95 Å². The normalized spacial score (nSPS) is 18.2. The van der Waals surface area contributed by atoms with E-state index in [1.54, 1.807) is 6.07 Å². The quantitative estimate of drug-likeness (QED) is 0.738. The third kappa shape index (κ3) is 5.02. The Morgan fingerprint density at radius 2 is 1.97 bits per heavy atom. The second-order valence-electron chi connectivity index (χ2n) is 7.74. The zero-order chi connectivity index (χ0) is 20.8. The lowest BCUT2D eigenvalue weighted by atomic mass is 9.93. The molecule has 0 unspecified atom stereocenters. The van der Waals surface area contributed by atoms with E-state index in [0.717, 1.165) is 62.6 Å². The van der Waals surface area contributed by atoms with Gasteiger partial charge in [-0.05, 0) is 32.0 Å². The molecule has 0 bridgehead atoms. The lowest BCUT2D eigenvalue weighted by molar-refractivity contribution is 0.122. The number of hydrogen-bond donors (Lipinski definition) is 1. The number of benzene rings is 1. The van der Waals surface area contributed by atoms with Gasteiger partial charge in [0, 0.05) is 37.2 Å². The number of aromatic nitrogens is 2. The Morgan fingerprint density at radius 3 is 2.73 bits per heavy atom. The fourth-order valence-corrected chi connectivity index (χ4v) is 4.12. The number of anilines is 1. The number of morpholine rings is 1. The molecule has 0 spiro atoms. The van der Waals surface area contributed by atoms with Gasteiger partial charge >= 0.3 is 0 Å². The molecule has 3 heterocycles. The van der Waals surface area contributed by atoms with Gasteiger partial charge in [-0.2, -0.15) is 0 Å². The molecule has 1 aromatic carbocycles. The smallest absolute Gasteiger partial charge is 0.252 e. The van der Waals surface area contributed by atoms with Crippen LogP contribution in [-0.2, 0) is 11.3 Å². The maximum Gasteiger partial charge on any atom is 0.252 e. The first-order valence-electron chi connectivity index (χ1n) is 10.5. The molecule has 4 rings (SSSR count). The van der Waals surface area contributed by atoms with Gasteiger partial charge in [0.1, 0.15) is 12.4 Å². The van der Waals surface area contributed by atoms with E-state index in [-0.39, 0.29) is 12.2 Å². The van der Waals surface area contributed by atoms with Gasteiger partial charge in [0.15, 0.2) is 0 Å². The molecule has 2 aliphatic rings. The number of hydrogen-bond acceptors (Lipinski definition) is 6. The average molecular weight is 409 g/mol. The Hall–Kier alpha value is -2.82. The van der Waals surface area contributed by atoms with Crippen LogP contribution in [0.25, 0.3) is 0 Å². The van der Waals surface area contributed by atoms with Gasteiger partial charge < -0.3 is 14.4 Å². The highest BCUT2D eigenvalue weighted by atomic mass is 16.5. The number of nitrogens with zero attached hydrogens (tertiary/aromatic N) is 3. The van der Waals surface area contributed by atoms with Crippen molar-refractivity contribution in [3.63, 3.8) is 0 Å². The number of terminal acetylenes is 1. The molecule has 1 aromatic heterocycles. The third-order valence-electron chi connectivity index (χ3n) is 5.74. The van der Waals surface area contributed by atoms with Gasteiger partial charge in [-0.1, -0.05) is 24.1 Å². The Balaban J connectivity index is 1.39. The lowest BCUT2D eigenvalue weighted by Gasteiger charge is -2.32. The molecule has 2 aromatic rings. The van der Waals surface area contributed by atoms with Gasteiger partial charge in [0.25, 0.3) is 5.56 Å². The SMILES string of the molecule is C#CCOc1ccccc1CN1CCC(c2cc(=O)[nH]c(N3CCOCC3)n2)CC1. The predicted molar refractivity (Wildman–Crippen MR) is 116 cm³/mol. The molecule has 0 aliphatic carbocycles. The summed E-state index contributed by atoms with van der Waals surface area (Å²) in [5, 5.41) is 0. The van der Waals surface area contributed by atoms with Crippen LogP contribution in [-0.4, -0.2) is 60.9 Å². The largest absolute Gasteiger partial charge is 0.481 e. The summed E-state index contributed by atoms with van der Waals surface area (Å²) in [4.78, 5) is 24.4. The van der Waals surface area contributed by atoms with Crippen LogP contribution in [0.4, 0.5) is 5.95 Å². The molecule has 0 atom stereocenters. The number of piperidine rings is 1. The van der Waals surface area contributed by atoms with Gasteiger partial charge in [-0.3, -0.25) is 14.7 Å². The molecular weight excluding hydrogens is 380 g/mol.